The molecule has 1 aliphatic carbocycles. The lowest BCUT2D eigenvalue weighted by Gasteiger charge is -2.35. The zero-order valence-corrected chi connectivity index (χ0v) is 17.4. The molecule has 30 heavy (non-hydrogen) atoms. The zero-order valence-electron chi connectivity index (χ0n) is 17.4. The van der Waals surface area contributed by atoms with Crippen molar-refractivity contribution < 1.29 is 9.59 Å². The first kappa shape index (κ1) is 19.1. The fourth-order valence-corrected chi connectivity index (χ4v) is 4.36. The van der Waals surface area contributed by atoms with Crippen LogP contribution in [0.25, 0.3) is 11.1 Å². The zero-order chi connectivity index (χ0) is 20.7. The van der Waals surface area contributed by atoms with Gasteiger partial charge < -0.3 is 20.4 Å². The van der Waals surface area contributed by atoms with Crippen molar-refractivity contribution in [3.8, 4) is 11.1 Å². The molecule has 2 fully saturated rings. The molecule has 2 heterocycles. The maximum Gasteiger partial charge on any atom is 0.253 e. The Labute approximate surface area is 177 Å². The average molecular weight is 405 g/mol. The third kappa shape index (κ3) is 3.67. The van der Waals surface area contributed by atoms with E-state index in [-0.39, 0.29) is 23.8 Å². The van der Waals surface area contributed by atoms with Gasteiger partial charge in [0.05, 0.1) is 11.4 Å². The number of nitrogens with one attached hydrogen (secondary N) is 2. The van der Waals surface area contributed by atoms with Gasteiger partial charge in [-0.2, -0.15) is 0 Å². The molecule has 2 aromatic carbocycles. The minimum Gasteiger partial charge on any atom is -0.379 e. The molecule has 0 radical (unpaired) electrons. The molecule has 1 saturated carbocycles. The normalized spacial score (nSPS) is 21.0. The molecule has 1 saturated heterocycles. The SMILES string of the molecule is C[C@H]1CN(C(=O)C2CC2)c2cc(-c3ccc(C(=O)N4CCNCC4)cc3)ccc2N1. The van der Waals surface area contributed by atoms with Crippen molar-refractivity contribution in [3.05, 3.63) is 48.0 Å². The molecule has 0 aromatic heterocycles. The fourth-order valence-electron chi connectivity index (χ4n) is 4.36. The van der Waals surface area contributed by atoms with Crippen molar-refractivity contribution >= 4 is 23.2 Å². The second-order valence-corrected chi connectivity index (χ2v) is 8.62. The molecule has 1 atom stereocenters. The summed E-state index contributed by atoms with van der Waals surface area (Å²) in [5.41, 5.74) is 4.80. The third-order valence-electron chi connectivity index (χ3n) is 6.21. The molecule has 6 nitrogen and oxygen atoms in total. The molecule has 6 heteroatoms. The van der Waals surface area contributed by atoms with E-state index in [0.717, 1.165) is 67.1 Å². The molecule has 156 valence electrons. The predicted octanol–water partition coefficient (Wildman–Crippen LogP) is 2.96. The quantitative estimate of drug-likeness (QED) is 0.826. The topological polar surface area (TPSA) is 64.7 Å². The van der Waals surface area contributed by atoms with Crippen LogP contribution in [0.1, 0.15) is 30.1 Å². The number of rotatable bonds is 3. The Bertz CT molecular complexity index is 962. The lowest BCUT2D eigenvalue weighted by molar-refractivity contribution is -0.119. The molecule has 0 spiro atoms. The summed E-state index contributed by atoms with van der Waals surface area (Å²) in [5.74, 6) is 0.536. The van der Waals surface area contributed by atoms with Crippen molar-refractivity contribution in [2.24, 2.45) is 5.92 Å². The summed E-state index contributed by atoms with van der Waals surface area (Å²) in [6, 6.07) is 14.3. The fraction of sp³-hybridized carbons (Fsp3) is 0.417. The lowest BCUT2D eigenvalue weighted by Crippen LogP contribution is -2.46. The Hall–Kier alpha value is -2.86. The Morgan fingerprint density at radius 1 is 0.967 bits per heavy atom. The van der Waals surface area contributed by atoms with Crippen LogP contribution >= 0.6 is 0 Å². The van der Waals surface area contributed by atoms with Gasteiger partial charge in [0.25, 0.3) is 5.91 Å². The highest BCUT2D eigenvalue weighted by Gasteiger charge is 2.36. The number of carbonyl (C=O) groups is 2. The number of benzene rings is 2. The number of nitrogens with zero attached hydrogens (tertiary/aromatic N) is 2. The van der Waals surface area contributed by atoms with Crippen LogP contribution < -0.4 is 15.5 Å². The van der Waals surface area contributed by atoms with Gasteiger partial charge in [-0.3, -0.25) is 9.59 Å². The van der Waals surface area contributed by atoms with E-state index < -0.39 is 0 Å². The van der Waals surface area contributed by atoms with E-state index in [2.05, 4.69) is 35.8 Å². The minimum atomic E-state index is 0.0906. The van der Waals surface area contributed by atoms with Crippen LogP contribution in [0.5, 0.6) is 0 Å². The summed E-state index contributed by atoms with van der Waals surface area (Å²) in [6.07, 6.45) is 2.02. The van der Waals surface area contributed by atoms with E-state index in [1.165, 1.54) is 0 Å². The molecule has 2 aliphatic heterocycles. The number of amides is 2. The summed E-state index contributed by atoms with van der Waals surface area (Å²) in [5, 5.41) is 6.77. The highest BCUT2D eigenvalue weighted by molar-refractivity contribution is 6.01. The highest BCUT2D eigenvalue weighted by Crippen LogP contribution is 2.39. The van der Waals surface area contributed by atoms with Crippen LogP contribution in [-0.2, 0) is 4.79 Å². The van der Waals surface area contributed by atoms with Crippen LogP contribution in [0, 0.1) is 5.92 Å². The molecule has 2 aromatic rings. The number of anilines is 2. The van der Waals surface area contributed by atoms with Crippen LogP contribution in [0.3, 0.4) is 0 Å². The summed E-state index contributed by atoms with van der Waals surface area (Å²) < 4.78 is 0. The van der Waals surface area contributed by atoms with Crippen molar-refractivity contribution in [1.29, 1.82) is 0 Å². The van der Waals surface area contributed by atoms with Gasteiger partial charge in [-0.1, -0.05) is 18.2 Å². The van der Waals surface area contributed by atoms with Crippen molar-refractivity contribution in [3.63, 3.8) is 0 Å². The smallest absolute Gasteiger partial charge is 0.253 e. The molecular formula is C24H28N4O2. The van der Waals surface area contributed by atoms with Gasteiger partial charge in [0.1, 0.15) is 0 Å². The van der Waals surface area contributed by atoms with E-state index in [4.69, 9.17) is 0 Å². The van der Waals surface area contributed by atoms with Gasteiger partial charge in [-0.25, -0.2) is 0 Å². The first-order valence-electron chi connectivity index (χ1n) is 10.9. The van der Waals surface area contributed by atoms with E-state index >= 15 is 0 Å². The van der Waals surface area contributed by atoms with Crippen molar-refractivity contribution in [1.82, 2.24) is 10.2 Å². The Morgan fingerprint density at radius 3 is 2.37 bits per heavy atom. The van der Waals surface area contributed by atoms with Gasteiger partial charge in [0, 0.05) is 50.2 Å². The number of hydrogen-bond acceptors (Lipinski definition) is 4. The Balaban J connectivity index is 1.40. The second kappa shape index (κ2) is 7.76. The van der Waals surface area contributed by atoms with Crippen LogP contribution in [0.4, 0.5) is 11.4 Å². The van der Waals surface area contributed by atoms with Gasteiger partial charge in [0.15, 0.2) is 0 Å². The minimum absolute atomic E-state index is 0.0906. The summed E-state index contributed by atoms with van der Waals surface area (Å²) in [6.45, 7) is 6.01. The van der Waals surface area contributed by atoms with Gasteiger partial charge >= 0.3 is 0 Å². The predicted molar refractivity (Wildman–Crippen MR) is 119 cm³/mol. The lowest BCUT2D eigenvalue weighted by atomic mass is 10.00. The Kier molecular flexibility index (Phi) is 4.95. The first-order chi connectivity index (χ1) is 14.6. The second-order valence-electron chi connectivity index (χ2n) is 8.62. The van der Waals surface area contributed by atoms with E-state index in [1.54, 1.807) is 0 Å². The Morgan fingerprint density at radius 2 is 1.67 bits per heavy atom. The standard InChI is InChI=1S/C24H28N4O2/c1-16-15-28(24(30)19-6-7-19)22-14-20(8-9-21(22)26-16)17-2-4-18(5-3-17)23(29)27-12-10-25-11-13-27/h2-5,8-9,14,16,19,25-26H,6-7,10-13,15H2,1H3/t16-/m0/s1. The molecule has 2 amide bonds. The number of hydrogen-bond donors (Lipinski definition) is 2. The maximum absolute atomic E-state index is 12.8. The van der Waals surface area contributed by atoms with Gasteiger partial charge in [-0.05, 0) is 55.2 Å². The molecule has 0 bridgehead atoms. The van der Waals surface area contributed by atoms with Crippen molar-refractivity contribution in [2.45, 2.75) is 25.8 Å². The summed E-state index contributed by atoms with van der Waals surface area (Å²) in [4.78, 5) is 29.4. The largest absolute Gasteiger partial charge is 0.379 e. The van der Waals surface area contributed by atoms with E-state index in [0.29, 0.717) is 6.54 Å². The van der Waals surface area contributed by atoms with Crippen LogP contribution in [-0.4, -0.2) is 55.5 Å². The van der Waals surface area contributed by atoms with Crippen molar-refractivity contribution in [2.75, 3.05) is 42.9 Å². The third-order valence-corrected chi connectivity index (χ3v) is 6.21. The first-order valence-corrected chi connectivity index (χ1v) is 10.9. The average Bonchev–Trinajstić information content (AvgIpc) is 3.63. The number of piperazine rings is 1. The van der Waals surface area contributed by atoms with Gasteiger partial charge in [-0.15, -0.1) is 0 Å². The monoisotopic (exact) mass is 404 g/mol. The van der Waals surface area contributed by atoms with Crippen LogP contribution in [0.2, 0.25) is 0 Å². The maximum atomic E-state index is 12.8. The molecule has 3 aliphatic rings. The molecule has 2 N–H and O–H groups in total. The molecular weight excluding hydrogens is 376 g/mol. The van der Waals surface area contributed by atoms with E-state index in [9.17, 15) is 9.59 Å². The number of carbonyl (C=O) groups excluding carboxylic acids is 2. The summed E-state index contributed by atoms with van der Waals surface area (Å²) >= 11 is 0. The summed E-state index contributed by atoms with van der Waals surface area (Å²) in [7, 11) is 0. The molecule has 5 rings (SSSR count). The van der Waals surface area contributed by atoms with Crippen LogP contribution in [0.15, 0.2) is 42.5 Å². The molecule has 0 unspecified atom stereocenters. The van der Waals surface area contributed by atoms with E-state index in [1.807, 2.05) is 34.1 Å². The number of fused-ring (bicyclic) bond motifs is 1. The highest BCUT2D eigenvalue weighted by atomic mass is 16.2. The van der Waals surface area contributed by atoms with Gasteiger partial charge in [0.2, 0.25) is 5.91 Å².